The van der Waals surface area contributed by atoms with Crippen LogP contribution in [0.2, 0.25) is 0 Å². The van der Waals surface area contributed by atoms with Crippen LogP contribution < -0.4 is 10.1 Å². The van der Waals surface area contributed by atoms with E-state index >= 15 is 0 Å². The van der Waals surface area contributed by atoms with E-state index in [0.717, 1.165) is 18.4 Å². The summed E-state index contributed by atoms with van der Waals surface area (Å²) in [5, 5.41) is 2.87. The number of hydrogen-bond donors (Lipinski definition) is 2. The minimum Gasteiger partial charge on any atom is -0.474 e. The number of aromatic amines is 1. The topological polar surface area (TPSA) is 67.0 Å². The molecule has 110 valence electrons. The van der Waals surface area contributed by atoms with E-state index in [0.29, 0.717) is 24.2 Å². The van der Waals surface area contributed by atoms with Crippen molar-refractivity contribution in [3.63, 3.8) is 0 Å². The van der Waals surface area contributed by atoms with Gasteiger partial charge in [0, 0.05) is 25.0 Å². The van der Waals surface area contributed by atoms with Crippen LogP contribution in [-0.2, 0) is 6.54 Å². The summed E-state index contributed by atoms with van der Waals surface area (Å²) in [4.78, 5) is 19.0. The Balaban J connectivity index is 1.56. The van der Waals surface area contributed by atoms with Gasteiger partial charge >= 0.3 is 0 Å². The second-order valence-corrected chi connectivity index (χ2v) is 5.29. The highest BCUT2D eigenvalue weighted by Gasteiger charge is 2.17. The molecular weight excluding hydrogens is 266 g/mol. The SMILES string of the molecule is O=C(NCc1ccnc(OC2CCCC2)c1)c1ccc[nH]1. The fourth-order valence-corrected chi connectivity index (χ4v) is 2.55. The average molecular weight is 285 g/mol. The Morgan fingerprint density at radius 1 is 1.38 bits per heavy atom. The largest absolute Gasteiger partial charge is 0.474 e. The van der Waals surface area contributed by atoms with E-state index in [2.05, 4.69) is 15.3 Å². The molecule has 1 aliphatic carbocycles. The monoisotopic (exact) mass is 285 g/mol. The van der Waals surface area contributed by atoms with Crippen molar-refractivity contribution in [2.24, 2.45) is 0 Å². The van der Waals surface area contributed by atoms with Crippen LogP contribution in [0.1, 0.15) is 41.7 Å². The van der Waals surface area contributed by atoms with Gasteiger partial charge in [0.1, 0.15) is 11.8 Å². The van der Waals surface area contributed by atoms with Gasteiger partial charge in [0.15, 0.2) is 0 Å². The highest BCUT2D eigenvalue weighted by atomic mass is 16.5. The van der Waals surface area contributed by atoms with Gasteiger partial charge in [-0.15, -0.1) is 0 Å². The smallest absolute Gasteiger partial charge is 0.267 e. The van der Waals surface area contributed by atoms with E-state index in [1.54, 1.807) is 24.5 Å². The molecule has 0 radical (unpaired) electrons. The lowest BCUT2D eigenvalue weighted by Crippen LogP contribution is -2.23. The number of H-pyrrole nitrogens is 1. The number of carbonyl (C=O) groups excluding carboxylic acids is 1. The quantitative estimate of drug-likeness (QED) is 0.887. The van der Waals surface area contributed by atoms with Crippen molar-refractivity contribution in [3.05, 3.63) is 47.9 Å². The summed E-state index contributed by atoms with van der Waals surface area (Å²) in [5.74, 6) is 0.531. The predicted molar refractivity (Wildman–Crippen MR) is 79.1 cm³/mol. The molecule has 1 aliphatic rings. The second-order valence-electron chi connectivity index (χ2n) is 5.29. The van der Waals surface area contributed by atoms with Crippen molar-refractivity contribution in [1.82, 2.24) is 15.3 Å². The van der Waals surface area contributed by atoms with Gasteiger partial charge in [-0.05, 0) is 49.4 Å². The molecule has 2 aromatic heterocycles. The number of ether oxygens (including phenoxy) is 1. The maximum Gasteiger partial charge on any atom is 0.267 e. The van der Waals surface area contributed by atoms with Gasteiger partial charge in [0.05, 0.1) is 0 Å². The van der Waals surface area contributed by atoms with E-state index in [1.807, 2.05) is 12.1 Å². The first-order valence-corrected chi connectivity index (χ1v) is 7.34. The molecule has 21 heavy (non-hydrogen) atoms. The maximum atomic E-state index is 11.9. The van der Waals surface area contributed by atoms with Crippen molar-refractivity contribution in [2.45, 2.75) is 38.3 Å². The zero-order chi connectivity index (χ0) is 14.5. The number of amides is 1. The van der Waals surface area contributed by atoms with Gasteiger partial charge in [-0.3, -0.25) is 4.79 Å². The molecule has 2 aromatic rings. The van der Waals surface area contributed by atoms with E-state index in [9.17, 15) is 4.79 Å². The molecule has 1 fully saturated rings. The molecule has 5 nitrogen and oxygen atoms in total. The van der Waals surface area contributed by atoms with Crippen molar-refractivity contribution >= 4 is 5.91 Å². The number of hydrogen-bond acceptors (Lipinski definition) is 3. The normalized spacial score (nSPS) is 15.0. The number of aromatic nitrogens is 2. The number of nitrogens with one attached hydrogen (secondary N) is 2. The number of nitrogens with zero attached hydrogens (tertiary/aromatic N) is 1. The Morgan fingerprint density at radius 2 is 2.24 bits per heavy atom. The van der Waals surface area contributed by atoms with Crippen LogP contribution in [0.25, 0.3) is 0 Å². The molecule has 0 aromatic carbocycles. The maximum absolute atomic E-state index is 11.9. The lowest BCUT2D eigenvalue weighted by atomic mass is 10.2. The fourth-order valence-electron chi connectivity index (χ4n) is 2.55. The summed E-state index contributed by atoms with van der Waals surface area (Å²) in [6.45, 7) is 0.460. The molecule has 0 unspecified atom stereocenters. The Labute approximate surface area is 123 Å². The Hall–Kier alpha value is -2.30. The van der Waals surface area contributed by atoms with E-state index < -0.39 is 0 Å². The summed E-state index contributed by atoms with van der Waals surface area (Å²) in [7, 11) is 0. The molecule has 3 rings (SSSR count). The standard InChI is InChI=1S/C16H19N3O2/c20-16(14-6-3-8-17-14)19-11-12-7-9-18-15(10-12)21-13-4-1-2-5-13/h3,6-10,13,17H,1-2,4-5,11H2,(H,19,20). The zero-order valence-corrected chi connectivity index (χ0v) is 11.8. The van der Waals surface area contributed by atoms with Crippen LogP contribution in [0.4, 0.5) is 0 Å². The van der Waals surface area contributed by atoms with E-state index in [1.165, 1.54) is 12.8 Å². The summed E-state index contributed by atoms with van der Waals surface area (Å²) in [6, 6.07) is 7.33. The summed E-state index contributed by atoms with van der Waals surface area (Å²) >= 11 is 0. The predicted octanol–water partition coefficient (Wildman–Crippen LogP) is 2.66. The molecular formula is C16H19N3O2. The van der Waals surface area contributed by atoms with Gasteiger partial charge < -0.3 is 15.0 Å². The van der Waals surface area contributed by atoms with Crippen LogP contribution in [0, 0.1) is 0 Å². The first-order chi connectivity index (χ1) is 10.3. The highest BCUT2D eigenvalue weighted by Crippen LogP contribution is 2.23. The van der Waals surface area contributed by atoms with E-state index in [-0.39, 0.29) is 5.91 Å². The van der Waals surface area contributed by atoms with Gasteiger partial charge in [-0.25, -0.2) is 4.98 Å². The summed E-state index contributed by atoms with van der Waals surface area (Å²) in [5.41, 5.74) is 1.55. The Morgan fingerprint density at radius 3 is 3.00 bits per heavy atom. The molecule has 5 heteroatoms. The van der Waals surface area contributed by atoms with Crippen molar-refractivity contribution in [3.8, 4) is 5.88 Å². The van der Waals surface area contributed by atoms with Crippen LogP contribution in [0.3, 0.4) is 0 Å². The molecule has 0 bridgehead atoms. The molecule has 1 amide bonds. The first kappa shape index (κ1) is 13.7. The number of pyridine rings is 1. The van der Waals surface area contributed by atoms with Crippen LogP contribution in [-0.4, -0.2) is 22.0 Å². The highest BCUT2D eigenvalue weighted by molar-refractivity contribution is 5.92. The lowest BCUT2D eigenvalue weighted by molar-refractivity contribution is 0.0946. The number of carbonyl (C=O) groups is 1. The molecule has 0 atom stereocenters. The summed E-state index contributed by atoms with van der Waals surface area (Å²) < 4.78 is 5.87. The van der Waals surface area contributed by atoms with E-state index in [4.69, 9.17) is 4.74 Å². The van der Waals surface area contributed by atoms with Crippen LogP contribution in [0.5, 0.6) is 5.88 Å². The lowest BCUT2D eigenvalue weighted by Gasteiger charge is -2.12. The van der Waals surface area contributed by atoms with Crippen molar-refractivity contribution in [2.75, 3.05) is 0 Å². The molecule has 0 saturated heterocycles. The second kappa shape index (κ2) is 6.43. The van der Waals surface area contributed by atoms with Crippen molar-refractivity contribution in [1.29, 1.82) is 0 Å². The number of rotatable bonds is 5. The van der Waals surface area contributed by atoms with Crippen LogP contribution >= 0.6 is 0 Å². The molecule has 2 N–H and O–H groups in total. The zero-order valence-electron chi connectivity index (χ0n) is 11.8. The minimum atomic E-state index is -0.116. The fraction of sp³-hybridized carbons (Fsp3) is 0.375. The van der Waals surface area contributed by atoms with Crippen LogP contribution in [0.15, 0.2) is 36.7 Å². The van der Waals surface area contributed by atoms with Gasteiger partial charge in [0.2, 0.25) is 5.88 Å². The first-order valence-electron chi connectivity index (χ1n) is 7.34. The van der Waals surface area contributed by atoms with Gasteiger partial charge in [-0.1, -0.05) is 0 Å². The molecule has 2 heterocycles. The average Bonchev–Trinajstić information content (AvgIpc) is 3.18. The molecule has 0 aliphatic heterocycles. The van der Waals surface area contributed by atoms with Gasteiger partial charge in [-0.2, -0.15) is 0 Å². The third-order valence-corrected chi connectivity index (χ3v) is 3.68. The molecule has 0 spiro atoms. The minimum absolute atomic E-state index is 0.116. The van der Waals surface area contributed by atoms with Crippen molar-refractivity contribution < 1.29 is 9.53 Å². The van der Waals surface area contributed by atoms with Gasteiger partial charge in [0.25, 0.3) is 5.91 Å². The Kier molecular flexibility index (Phi) is 4.19. The molecule has 1 saturated carbocycles. The summed E-state index contributed by atoms with van der Waals surface area (Å²) in [6.07, 6.45) is 8.43. The third kappa shape index (κ3) is 3.62. The third-order valence-electron chi connectivity index (χ3n) is 3.68. The Bertz CT molecular complexity index is 589.